The van der Waals surface area contributed by atoms with E-state index in [1.807, 2.05) is 0 Å². The second-order valence-corrected chi connectivity index (χ2v) is 3.68. The summed E-state index contributed by atoms with van der Waals surface area (Å²) in [7, 11) is 0. The smallest absolute Gasteiger partial charge is 0.168 e. The van der Waals surface area contributed by atoms with Crippen LogP contribution < -0.4 is 10.5 Å². The first-order valence-electron chi connectivity index (χ1n) is 5.28. The Kier molecular flexibility index (Phi) is 3.35. The number of nitrogens with zero attached hydrogens (tertiary/aromatic N) is 1. The summed E-state index contributed by atoms with van der Waals surface area (Å²) >= 11 is 0. The second kappa shape index (κ2) is 4.93. The molecule has 1 aromatic carbocycles. The summed E-state index contributed by atoms with van der Waals surface area (Å²) in [5, 5.41) is 0. The highest BCUT2D eigenvalue weighted by atomic mass is 19.1. The third-order valence-corrected chi connectivity index (χ3v) is 2.38. The first kappa shape index (κ1) is 11.5. The van der Waals surface area contributed by atoms with E-state index in [1.54, 1.807) is 43.5 Å². The van der Waals surface area contributed by atoms with E-state index in [0.29, 0.717) is 23.6 Å². The molecule has 1 heterocycles. The number of ether oxygens (including phenoxy) is 1. The van der Waals surface area contributed by atoms with E-state index in [0.717, 1.165) is 0 Å². The minimum absolute atomic E-state index is 0.208. The minimum Gasteiger partial charge on any atom is -0.454 e. The number of hydrogen-bond acceptors (Lipinski definition) is 3. The van der Waals surface area contributed by atoms with Gasteiger partial charge in [0.1, 0.15) is 5.75 Å². The molecule has 88 valence electrons. The van der Waals surface area contributed by atoms with Crippen LogP contribution in [0.25, 0.3) is 0 Å². The van der Waals surface area contributed by atoms with Crippen LogP contribution in [-0.2, 0) is 6.54 Å². The van der Waals surface area contributed by atoms with Gasteiger partial charge >= 0.3 is 0 Å². The molecular weight excluding hydrogens is 219 g/mol. The van der Waals surface area contributed by atoms with Crippen LogP contribution in [-0.4, -0.2) is 4.98 Å². The fraction of sp³-hybridized carbons (Fsp3) is 0.154. The highest BCUT2D eigenvalue weighted by molar-refractivity contribution is 5.35. The lowest BCUT2D eigenvalue weighted by Crippen LogP contribution is -1.99. The zero-order valence-electron chi connectivity index (χ0n) is 9.48. The summed E-state index contributed by atoms with van der Waals surface area (Å²) in [6, 6.07) is 8.40. The third kappa shape index (κ3) is 2.60. The molecule has 2 rings (SSSR count). The van der Waals surface area contributed by atoms with Gasteiger partial charge in [-0.3, -0.25) is 4.98 Å². The van der Waals surface area contributed by atoms with Gasteiger partial charge in [0.25, 0.3) is 0 Å². The van der Waals surface area contributed by atoms with E-state index in [1.165, 1.54) is 0 Å². The van der Waals surface area contributed by atoms with Crippen molar-refractivity contribution in [3.05, 3.63) is 53.6 Å². The molecule has 1 aromatic heterocycles. The largest absolute Gasteiger partial charge is 0.454 e. The number of hydrogen-bond donors (Lipinski definition) is 1. The van der Waals surface area contributed by atoms with Crippen LogP contribution in [0.3, 0.4) is 0 Å². The van der Waals surface area contributed by atoms with Gasteiger partial charge in [-0.2, -0.15) is 0 Å². The minimum atomic E-state index is -0.349. The Morgan fingerprint density at radius 2 is 2.18 bits per heavy atom. The maximum absolute atomic E-state index is 13.7. The van der Waals surface area contributed by atoms with Gasteiger partial charge in [0.15, 0.2) is 11.6 Å². The van der Waals surface area contributed by atoms with Crippen molar-refractivity contribution in [3.63, 3.8) is 0 Å². The van der Waals surface area contributed by atoms with Crippen molar-refractivity contribution in [3.8, 4) is 11.5 Å². The van der Waals surface area contributed by atoms with Crippen molar-refractivity contribution in [1.82, 2.24) is 4.98 Å². The molecule has 0 aliphatic heterocycles. The lowest BCUT2D eigenvalue weighted by atomic mass is 10.2. The van der Waals surface area contributed by atoms with Crippen LogP contribution in [0.15, 0.2) is 36.5 Å². The topological polar surface area (TPSA) is 48.1 Å². The van der Waals surface area contributed by atoms with Gasteiger partial charge in [-0.25, -0.2) is 4.39 Å². The number of rotatable bonds is 3. The number of aromatic nitrogens is 1. The summed E-state index contributed by atoms with van der Waals surface area (Å²) < 4.78 is 19.2. The highest BCUT2D eigenvalue weighted by Gasteiger charge is 2.07. The number of pyridine rings is 1. The van der Waals surface area contributed by atoms with Crippen molar-refractivity contribution in [1.29, 1.82) is 0 Å². The van der Waals surface area contributed by atoms with E-state index in [9.17, 15) is 4.39 Å². The Morgan fingerprint density at radius 3 is 2.94 bits per heavy atom. The normalized spacial score (nSPS) is 10.3. The predicted molar refractivity (Wildman–Crippen MR) is 63.3 cm³/mol. The zero-order valence-corrected chi connectivity index (χ0v) is 9.48. The summed E-state index contributed by atoms with van der Waals surface area (Å²) in [4.78, 5) is 4.04. The van der Waals surface area contributed by atoms with E-state index < -0.39 is 0 Å². The fourth-order valence-corrected chi connectivity index (χ4v) is 1.46. The first-order chi connectivity index (χ1) is 8.20. The molecule has 0 amide bonds. The zero-order chi connectivity index (χ0) is 12.3. The number of halogens is 1. The lowest BCUT2D eigenvalue weighted by Gasteiger charge is -2.08. The SMILES string of the molecule is Cc1cccc(Oc2ccnc(CN)c2)c1F. The van der Waals surface area contributed by atoms with Gasteiger partial charge in [0.2, 0.25) is 0 Å². The lowest BCUT2D eigenvalue weighted by molar-refractivity contribution is 0.439. The summed E-state index contributed by atoms with van der Waals surface area (Å²) in [5.41, 5.74) is 6.73. The fourth-order valence-electron chi connectivity index (χ4n) is 1.46. The average molecular weight is 232 g/mol. The summed E-state index contributed by atoms with van der Waals surface area (Å²) in [5.74, 6) is 0.391. The molecule has 0 unspecified atom stereocenters. The Balaban J connectivity index is 2.28. The molecule has 3 nitrogen and oxygen atoms in total. The van der Waals surface area contributed by atoms with Gasteiger partial charge in [0.05, 0.1) is 5.69 Å². The number of nitrogens with two attached hydrogens (primary N) is 1. The van der Waals surface area contributed by atoms with Crippen molar-refractivity contribution in [2.45, 2.75) is 13.5 Å². The van der Waals surface area contributed by atoms with Gasteiger partial charge < -0.3 is 10.5 Å². The van der Waals surface area contributed by atoms with Crippen molar-refractivity contribution in [2.24, 2.45) is 5.73 Å². The molecule has 4 heteroatoms. The number of benzene rings is 1. The first-order valence-corrected chi connectivity index (χ1v) is 5.28. The Hall–Kier alpha value is -1.94. The van der Waals surface area contributed by atoms with Gasteiger partial charge in [-0.1, -0.05) is 12.1 Å². The van der Waals surface area contributed by atoms with Crippen molar-refractivity contribution in [2.75, 3.05) is 0 Å². The van der Waals surface area contributed by atoms with Crippen molar-refractivity contribution >= 4 is 0 Å². The molecule has 0 atom stereocenters. The summed E-state index contributed by atoms with van der Waals surface area (Å²) in [6.45, 7) is 2.02. The highest BCUT2D eigenvalue weighted by Crippen LogP contribution is 2.25. The molecule has 0 bridgehead atoms. The van der Waals surface area contributed by atoms with E-state index in [4.69, 9.17) is 10.5 Å². The molecule has 0 spiro atoms. The molecule has 2 aromatic rings. The molecule has 17 heavy (non-hydrogen) atoms. The standard InChI is InChI=1S/C13H13FN2O/c1-9-3-2-4-12(13(9)14)17-11-5-6-16-10(7-11)8-15/h2-7H,8,15H2,1H3. The van der Waals surface area contributed by atoms with Crippen LogP contribution >= 0.6 is 0 Å². The maximum Gasteiger partial charge on any atom is 0.168 e. The van der Waals surface area contributed by atoms with Crippen LogP contribution in [0.2, 0.25) is 0 Å². The predicted octanol–water partition coefficient (Wildman–Crippen LogP) is 2.78. The quantitative estimate of drug-likeness (QED) is 0.885. The van der Waals surface area contributed by atoms with Crippen LogP contribution in [0.4, 0.5) is 4.39 Å². The molecule has 0 radical (unpaired) electrons. The van der Waals surface area contributed by atoms with E-state index >= 15 is 0 Å². The molecular formula is C13H13FN2O. The molecule has 0 saturated carbocycles. The molecule has 0 saturated heterocycles. The summed E-state index contributed by atoms with van der Waals surface area (Å²) in [6.07, 6.45) is 1.59. The van der Waals surface area contributed by atoms with Gasteiger partial charge in [0, 0.05) is 18.8 Å². The number of aryl methyl sites for hydroxylation is 1. The van der Waals surface area contributed by atoms with Crippen LogP contribution in [0.5, 0.6) is 11.5 Å². The Labute approximate surface area is 99.1 Å². The molecule has 0 aliphatic rings. The Morgan fingerprint density at radius 1 is 1.35 bits per heavy atom. The molecule has 2 N–H and O–H groups in total. The molecule has 0 fully saturated rings. The van der Waals surface area contributed by atoms with Crippen molar-refractivity contribution < 1.29 is 9.13 Å². The van der Waals surface area contributed by atoms with Crippen LogP contribution in [0, 0.1) is 12.7 Å². The van der Waals surface area contributed by atoms with Crippen LogP contribution in [0.1, 0.15) is 11.3 Å². The van der Waals surface area contributed by atoms with Gasteiger partial charge in [-0.05, 0) is 24.6 Å². The second-order valence-electron chi connectivity index (χ2n) is 3.68. The molecule has 0 aliphatic carbocycles. The maximum atomic E-state index is 13.7. The van der Waals surface area contributed by atoms with E-state index in [-0.39, 0.29) is 11.6 Å². The van der Waals surface area contributed by atoms with E-state index in [2.05, 4.69) is 4.98 Å². The van der Waals surface area contributed by atoms with Gasteiger partial charge in [-0.15, -0.1) is 0 Å². The third-order valence-electron chi connectivity index (χ3n) is 2.38. The monoisotopic (exact) mass is 232 g/mol. The Bertz CT molecular complexity index is 529. The average Bonchev–Trinajstić information content (AvgIpc) is 2.35.